The maximum Gasteiger partial charge on any atom is 0.326 e. The lowest BCUT2D eigenvalue weighted by molar-refractivity contribution is 0.454. The van der Waals surface area contributed by atoms with E-state index < -0.39 is 17.5 Å². The number of rotatable bonds is 5. The molecule has 10 nitrogen and oxygen atoms in total. The number of imidazole rings is 1. The maximum absolute atomic E-state index is 14.3. The summed E-state index contributed by atoms with van der Waals surface area (Å²) >= 11 is 6.02. The molecule has 0 bridgehead atoms. The Hall–Kier alpha value is -3.73. The van der Waals surface area contributed by atoms with Crippen LogP contribution in [0.1, 0.15) is 37.1 Å². The molecule has 164 valence electrons. The third kappa shape index (κ3) is 3.94. The molecule has 1 aliphatic rings. The first-order chi connectivity index (χ1) is 15.4. The van der Waals surface area contributed by atoms with Crippen molar-refractivity contribution in [2.24, 2.45) is 4.99 Å². The van der Waals surface area contributed by atoms with E-state index in [4.69, 9.17) is 11.6 Å². The van der Waals surface area contributed by atoms with E-state index in [1.54, 1.807) is 13.0 Å². The van der Waals surface area contributed by atoms with Crippen molar-refractivity contribution >= 4 is 29.3 Å². The van der Waals surface area contributed by atoms with Crippen LogP contribution in [0.5, 0.6) is 5.88 Å². The van der Waals surface area contributed by atoms with Gasteiger partial charge in [-0.3, -0.25) is 4.98 Å². The standard InChI is InChI=1S/C20H18ClFN8O2/c1-9(13-7-11(21)2-5-14(13)22)24-18-27-16-10(6-15-17(31)28-20(32)26-15)8-23-30(16)19(29-18)25-12-3-4-12/h2,5-9,12,31H,3-4H2,1H3,(H,24,25,29)(H2,26,28,32)/b10-6-/t9-/m0/s1. The number of benzene rings is 1. The minimum absolute atomic E-state index is 0.172. The van der Waals surface area contributed by atoms with Crippen LogP contribution in [0, 0.1) is 5.82 Å². The number of aromatic hydroxyl groups is 1. The third-order valence-corrected chi connectivity index (χ3v) is 5.26. The molecule has 0 amide bonds. The zero-order chi connectivity index (χ0) is 22.4. The van der Waals surface area contributed by atoms with E-state index >= 15 is 0 Å². The van der Waals surface area contributed by atoms with Crippen molar-refractivity contribution in [1.29, 1.82) is 0 Å². The lowest BCUT2D eigenvalue weighted by Gasteiger charge is -2.15. The Morgan fingerprint density at radius 2 is 2.19 bits per heavy atom. The second-order valence-electron chi connectivity index (χ2n) is 7.56. The number of aromatic nitrogens is 6. The van der Waals surface area contributed by atoms with Gasteiger partial charge in [-0.1, -0.05) is 11.6 Å². The highest BCUT2D eigenvalue weighted by molar-refractivity contribution is 6.30. The molecule has 5 rings (SSSR count). The fourth-order valence-corrected chi connectivity index (χ4v) is 3.44. The molecule has 1 saturated carbocycles. The van der Waals surface area contributed by atoms with Gasteiger partial charge < -0.3 is 15.4 Å². The van der Waals surface area contributed by atoms with Crippen LogP contribution < -0.4 is 21.8 Å². The topological polar surface area (TPSA) is 136 Å². The summed E-state index contributed by atoms with van der Waals surface area (Å²) in [5.74, 6) is -0.468. The van der Waals surface area contributed by atoms with Gasteiger partial charge in [-0.05, 0) is 44.0 Å². The molecule has 1 aliphatic carbocycles. The van der Waals surface area contributed by atoms with Gasteiger partial charge in [0.05, 0.1) is 18.3 Å². The Morgan fingerprint density at radius 3 is 2.91 bits per heavy atom. The Labute approximate surface area is 184 Å². The number of H-pyrrole nitrogens is 2. The second-order valence-corrected chi connectivity index (χ2v) is 8.00. The SMILES string of the molecule is C[C@H](Nc1nc(=NC2CC2)n2nc/c(=C/c3[nH]c(=O)[nH]c3O)c2n1)c1cc(Cl)ccc1F. The van der Waals surface area contributed by atoms with Crippen molar-refractivity contribution in [2.75, 3.05) is 5.32 Å². The van der Waals surface area contributed by atoms with E-state index in [2.05, 4.69) is 35.3 Å². The molecule has 1 fully saturated rings. The number of hydrogen-bond donors (Lipinski definition) is 4. The summed E-state index contributed by atoms with van der Waals surface area (Å²) in [4.78, 5) is 29.8. The monoisotopic (exact) mass is 456 g/mol. The van der Waals surface area contributed by atoms with Crippen molar-refractivity contribution < 1.29 is 9.50 Å². The lowest BCUT2D eigenvalue weighted by atomic mass is 10.1. The minimum Gasteiger partial charge on any atom is -0.493 e. The van der Waals surface area contributed by atoms with E-state index in [1.807, 2.05) is 0 Å². The van der Waals surface area contributed by atoms with Crippen LogP contribution in [0.2, 0.25) is 5.02 Å². The highest BCUT2D eigenvalue weighted by Crippen LogP contribution is 2.24. The Kier molecular flexibility index (Phi) is 4.89. The third-order valence-electron chi connectivity index (χ3n) is 5.03. The molecule has 1 atom stereocenters. The van der Waals surface area contributed by atoms with Gasteiger partial charge >= 0.3 is 5.69 Å². The maximum atomic E-state index is 14.3. The van der Waals surface area contributed by atoms with Gasteiger partial charge in [-0.15, -0.1) is 0 Å². The van der Waals surface area contributed by atoms with E-state index in [-0.39, 0.29) is 23.6 Å². The molecule has 0 radical (unpaired) electrons. The van der Waals surface area contributed by atoms with Crippen LogP contribution in [0.25, 0.3) is 11.7 Å². The Balaban J connectivity index is 1.62. The van der Waals surface area contributed by atoms with E-state index in [0.717, 1.165) is 12.8 Å². The first-order valence-electron chi connectivity index (χ1n) is 9.91. The molecule has 0 spiro atoms. The van der Waals surface area contributed by atoms with Crippen LogP contribution >= 0.6 is 11.6 Å². The second kappa shape index (κ2) is 7.75. The summed E-state index contributed by atoms with van der Waals surface area (Å²) < 4.78 is 15.8. The highest BCUT2D eigenvalue weighted by Gasteiger charge is 2.21. The molecule has 12 heteroatoms. The summed E-state index contributed by atoms with van der Waals surface area (Å²) in [6.45, 7) is 1.77. The van der Waals surface area contributed by atoms with Crippen LogP contribution in [0.3, 0.4) is 0 Å². The number of halogens is 2. The largest absolute Gasteiger partial charge is 0.493 e. The number of nitrogens with one attached hydrogen (secondary N) is 3. The molecule has 32 heavy (non-hydrogen) atoms. The number of aromatic amines is 2. The molecule has 0 saturated heterocycles. The van der Waals surface area contributed by atoms with Crippen molar-refractivity contribution in [3.05, 3.63) is 67.8 Å². The number of nitrogens with zero attached hydrogens (tertiary/aromatic N) is 5. The van der Waals surface area contributed by atoms with Gasteiger partial charge in [-0.2, -0.15) is 19.6 Å². The molecular formula is C20H18ClFN8O2. The summed E-state index contributed by atoms with van der Waals surface area (Å²) in [7, 11) is 0. The van der Waals surface area contributed by atoms with Crippen molar-refractivity contribution in [3.8, 4) is 5.88 Å². The number of anilines is 1. The van der Waals surface area contributed by atoms with Crippen LogP contribution in [-0.2, 0) is 0 Å². The highest BCUT2D eigenvalue weighted by atomic mass is 35.5. The smallest absolute Gasteiger partial charge is 0.326 e. The van der Waals surface area contributed by atoms with Gasteiger partial charge in [-0.25, -0.2) is 14.2 Å². The predicted molar refractivity (Wildman–Crippen MR) is 115 cm³/mol. The van der Waals surface area contributed by atoms with Crippen molar-refractivity contribution in [1.82, 2.24) is 29.5 Å². The molecule has 0 aliphatic heterocycles. The fraction of sp³-hybridized carbons (Fsp3) is 0.250. The summed E-state index contributed by atoms with van der Waals surface area (Å²) in [6.07, 6.45) is 5.01. The molecule has 4 N–H and O–H groups in total. The molecule has 3 aromatic heterocycles. The number of hydrogen-bond acceptors (Lipinski definition) is 7. The molecule has 3 heterocycles. The average Bonchev–Trinajstić information content (AvgIpc) is 3.38. The molecular weight excluding hydrogens is 439 g/mol. The Bertz CT molecular complexity index is 1500. The fourth-order valence-electron chi connectivity index (χ4n) is 3.26. The van der Waals surface area contributed by atoms with Crippen molar-refractivity contribution in [2.45, 2.75) is 31.8 Å². The summed E-state index contributed by atoms with van der Waals surface area (Å²) in [5, 5.41) is 18.2. The molecule has 0 unspecified atom stereocenters. The van der Waals surface area contributed by atoms with Crippen LogP contribution in [-0.4, -0.2) is 40.7 Å². The van der Waals surface area contributed by atoms with Crippen LogP contribution in [0.15, 0.2) is 34.2 Å². The zero-order valence-electron chi connectivity index (χ0n) is 16.8. The lowest BCUT2D eigenvalue weighted by Crippen LogP contribution is -2.25. The predicted octanol–water partition coefficient (Wildman–Crippen LogP) is 1.42. The van der Waals surface area contributed by atoms with Gasteiger partial charge in [0.2, 0.25) is 11.8 Å². The first-order valence-corrected chi connectivity index (χ1v) is 10.3. The van der Waals surface area contributed by atoms with Gasteiger partial charge in [0.15, 0.2) is 5.65 Å². The molecule has 1 aromatic carbocycles. The average molecular weight is 457 g/mol. The zero-order valence-corrected chi connectivity index (χ0v) is 17.6. The van der Waals surface area contributed by atoms with E-state index in [0.29, 0.717) is 27.1 Å². The normalized spacial score (nSPS) is 16.1. The van der Waals surface area contributed by atoms with Crippen LogP contribution in [0.4, 0.5) is 10.3 Å². The summed E-state index contributed by atoms with van der Waals surface area (Å²) in [6, 6.07) is 4.03. The van der Waals surface area contributed by atoms with Gasteiger partial charge in [0.1, 0.15) is 11.5 Å². The van der Waals surface area contributed by atoms with Crippen molar-refractivity contribution in [3.63, 3.8) is 0 Å². The summed E-state index contributed by atoms with van der Waals surface area (Å²) in [5.41, 5.74) is 0.779. The number of fused-ring (bicyclic) bond motifs is 1. The molecule has 4 aromatic rings. The van der Waals surface area contributed by atoms with E-state index in [9.17, 15) is 14.3 Å². The minimum atomic E-state index is -0.538. The Morgan fingerprint density at radius 1 is 1.38 bits per heavy atom. The quantitative estimate of drug-likeness (QED) is 0.358. The van der Waals surface area contributed by atoms with E-state index in [1.165, 1.54) is 28.9 Å². The van der Waals surface area contributed by atoms with Gasteiger partial charge in [0, 0.05) is 15.8 Å². The van der Waals surface area contributed by atoms with Gasteiger partial charge in [0.25, 0.3) is 5.62 Å². The first kappa shape index (κ1) is 20.2.